The van der Waals surface area contributed by atoms with E-state index >= 15 is 0 Å². The van der Waals surface area contributed by atoms with Crippen LogP contribution in [0.3, 0.4) is 0 Å². The molecule has 0 aliphatic rings. The molecule has 0 spiro atoms. The highest BCUT2D eigenvalue weighted by Gasteiger charge is 2.17. The third-order valence-electron chi connectivity index (χ3n) is 3.21. The van der Waals surface area contributed by atoms with Crippen molar-refractivity contribution in [3.05, 3.63) is 68.7 Å². The molecule has 0 heterocycles. The molecule has 112 valence electrons. The molecule has 0 aromatic heterocycles. The molecular weight excluding hydrogens is 360 g/mol. The zero-order valence-corrected chi connectivity index (χ0v) is 13.8. The number of nitrogens with one attached hydrogen (secondary N) is 1. The van der Waals surface area contributed by atoms with Crippen LogP contribution in [0.1, 0.15) is 24.1 Å². The molecule has 0 saturated carbocycles. The maximum absolute atomic E-state index is 13.8. The van der Waals surface area contributed by atoms with Gasteiger partial charge in [0, 0.05) is 21.1 Å². The van der Waals surface area contributed by atoms with Crippen LogP contribution in [0.15, 0.2) is 40.9 Å². The van der Waals surface area contributed by atoms with Gasteiger partial charge >= 0.3 is 0 Å². The van der Waals surface area contributed by atoms with Gasteiger partial charge < -0.3 is 5.32 Å². The van der Waals surface area contributed by atoms with Crippen LogP contribution in [-0.2, 0) is 6.42 Å². The van der Waals surface area contributed by atoms with Gasteiger partial charge in [-0.15, -0.1) is 0 Å². The van der Waals surface area contributed by atoms with Crippen molar-refractivity contribution in [1.29, 1.82) is 0 Å². The second kappa shape index (κ2) is 7.34. The highest BCUT2D eigenvalue weighted by Crippen LogP contribution is 2.27. The van der Waals surface area contributed by atoms with E-state index in [2.05, 4.69) is 21.2 Å². The number of benzene rings is 2. The molecule has 1 atom stereocenters. The van der Waals surface area contributed by atoms with Crippen LogP contribution in [0.25, 0.3) is 0 Å². The van der Waals surface area contributed by atoms with Crippen molar-refractivity contribution in [3.63, 3.8) is 0 Å². The van der Waals surface area contributed by atoms with Gasteiger partial charge in [0.25, 0.3) is 0 Å². The zero-order chi connectivity index (χ0) is 15.4. The van der Waals surface area contributed by atoms with Gasteiger partial charge in [0.15, 0.2) is 0 Å². The summed E-state index contributed by atoms with van der Waals surface area (Å²) in [4.78, 5) is 0. The van der Waals surface area contributed by atoms with E-state index in [-0.39, 0.29) is 18.0 Å². The van der Waals surface area contributed by atoms with Crippen LogP contribution in [0, 0.1) is 11.6 Å². The summed E-state index contributed by atoms with van der Waals surface area (Å²) in [6.45, 7) is 2.63. The van der Waals surface area contributed by atoms with Crippen LogP contribution in [0.2, 0.25) is 5.02 Å². The Morgan fingerprint density at radius 2 is 1.86 bits per heavy atom. The SMILES string of the molecule is CCNC(Cc1c(F)cccc1F)c1cc(Cl)cc(Br)c1. The molecule has 0 fully saturated rings. The Bertz CT molecular complexity index is 593. The monoisotopic (exact) mass is 373 g/mol. The van der Waals surface area contributed by atoms with Gasteiger partial charge in [-0.05, 0) is 48.9 Å². The van der Waals surface area contributed by atoms with Gasteiger partial charge in [-0.3, -0.25) is 0 Å². The Hall–Kier alpha value is -0.970. The van der Waals surface area contributed by atoms with Crippen molar-refractivity contribution in [1.82, 2.24) is 5.32 Å². The number of rotatable bonds is 5. The number of hydrogen-bond acceptors (Lipinski definition) is 1. The van der Waals surface area contributed by atoms with E-state index in [0.717, 1.165) is 10.0 Å². The molecule has 1 nitrogen and oxygen atoms in total. The standard InChI is InChI=1S/C16H15BrClF2N/c1-2-21-16(10-6-11(17)8-12(18)7-10)9-13-14(19)4-3-5-15(13)20/h3-8,16,21H,2,9H2,1H3. The fourth-order valence-corrected chi connectivity index (χ4v) is 3.15. The number of hydrogen-bond donors (Lipinski definition) is 1. The Morgan fingerprint density at radius 1 is 1.19 bits per heavy atom. The van der Waals surface area contributed by atoms with E-state index in [4.69, 9.17) is 11.6 Å². The molecular formula is C16H15BrClF2N. The molecule has 0 amide bonds. The third kappa shape index (κ3) is 4.25. The molecule has 5 heteroatoms. The van der Waals surface area contributed by atoms with Gasteiger partial charge in [-0.25, -0.2) is 8.78 Å². The lowest BCUT2D eigenvalue weighted by molar-refractivity contribution is 0.499. The van der Waals surface area contributed by atoms with E-state index in [9.17, 15) is 8.78 Å². The minimum Gasteiger partial charge on any atom is -0.310 e. The van der Waals surface area contributed by atoms with Crippen molar-refractivity contribution < 1.29 is 8.78 Å². The fourth-order valence-electron chi connectivity index (χ4n) is 2.26. The first-order chi connectivity index (χ1) is 10.0. The van der Waals surface area contributed by atoms with Gasteiger partial charge in [0.1, 0.15) is 11.6 Å². The van der Waals surface area contributed by atoms with E-state index in [1.165, 1.54) is 18.2 Å². The first-order valence-electron chi connectivity index (χ1n) is 6.63. The highest BCUT2D eigenvalue weighted by atomic mass is 79.9. The second-order valence-electron chi connectivity index (χ2n) is 4.72. The lowest BCUT2D eigenvalue weighted by atomic mass is 9.98. The maximum Gasteiger partial charge on any atom is 0.129 e. The van der Waals surface area contributed by atoms with Crippen molar-refractivity contribution in [2.24, 2.45) is 0 Å². The molecule has 2 aromatic rings. The van der Waals surface area contributed by atoms with Crippen LogP contribution in [-0.4, -0.2) is 6.54 Å². The third-order valence-corrected chi connectivity index (χ3v) is 3.88. The average Bonchev–Trinajstić information content (AvgIpc) is 2.40. The largest absolute Gasteiger partial charge is 0.310 e. The summed E-state index contributed by atoms with van der Waals surface area (Å²) >= 11 is 9.44. The van der Waals surface area contributed by atoms with Crippen molar-refractivity contribution in [2.75, 3.05) is 6.54 Å². The fraction of sp³-hybridized carbons (Fsp3) is 0.250. The molecule has 0 aliphatic heterocycles. The predicted octanol–water partition coefficient (Wildman–Crippen LogP) is 5.27. The highest BCUT2D eigenvalue weighted by molar-refractivity contribution is 9.10. The lowest BCUT2D eigenvalue weighted by Crippen LogP contribution is -2.24. The summed E-state index contributed by atoms with van der Waals surface area (Å²) in [7, 11) is 0. The van der Waals surface area contributed by atoms with E-state index in [0.29, 0.717) is 11.6 Å². The van der Waals surface area contributed by atoms with Gasteiger partial charge in [0.2, 0.25) is 0 Å². The predicted molar refractivity (Wildman–Crippen MR) is 85.6 cm³/mol. The molecule has 1 N–H and O–H groups in total. The Labute approximate surface area is 136 Å². The molecule has 1 unspecified atom stereocenters. The lowest BCUT2D eigenvalue weighted by Gasteiger charge is -2.20. The molecule has 2 aromatic carbocycles. The van der Waals surface area contributed by atoms with Crippen LogP contribution < -0.4 is 5.32 Å². The van der Waals surface area contributed by atoms with Crippen LogP contribution >= 0.6 is 27.5 Å². The molecule has 0 saturated heterocycles. The van der Waals surface area contributed by atoms with Gasteiger partial charge in [-0.2, -0.15) is 0 Å². The van der Waals surface area contributed by atoms with E-state index < -0.39 is 11.6 Å². The van der Waals surface area contributed by atoms with E-state index in [1.807, 2.05) is 13.0 Å². The molecule has 21 heavy (non-hydrogen) atoms. The van der Waals surface area contributed by atoms with Crippen molar-refractivity contribution >= 4 is 27.5 Å². The Balaban J connectivity index is 2.35. The second-order valence-corrected chi connectivity index (χ2v) is 6.07. The van der Waals surface area contributed by atoms with Gasteiger partial charge in [-0.1, -0.05) is 40.5 Å². The van der Waals surface area contributed by atoms with Crippen molar-refractivity contribution in [2.45, 2.75) is 19.4 Å². The van der Waals surface area contributed by atoms with E-state index in [1.54, 1.807) is 12.1 Å². The topological polar surface area (TPSA) is 12.0 Å². The maximum atomic E-state index is 13.8. The normalized spacial score (nSPS) is 12.4. The molecule has 0 bridgehead atoms. The van der Waals surface area contributed by atoms with Crippen LogP contribution in [0.5, 0.6) is 0 Å². The summed E-state index contributed by atoms with van der Waals surface area (Å²) in [5, 5.41) is 3.82. The summed E-state index contributed by atoms with van der Waals surface area (Å²) in [6.07, 6.45) is 0.221. The summed E-state index contributed by atoms with van der Waals surface area (Å²) < 4.78 is 28.5. The number of likely N-dealkylation sites (N-methyl/N-ethyl adjacent to an activating group) is 1. The minimum atomic E-state index is -0.529. The average molecular weight is 375 g/mol. The summed E-state index contributed by atoms with van der Waals surface area (Å²) in [5.41, 5.74) is 0.971. The number of halogens is 4. The first kappa shape index (κ1) is 16.4. The van der Waals surface area contributed by atoms with Crippen molar-refractivity contribution in [3.8, 4) is 0 Å². The molecule has 0 aliphatic carbocycles. The Kier molecular flexibility index (Phi) is 5.73. The van der Waals surface area contributed by atoms with Crippen LogP contribution in [0.4, 0.5) is 8.78 Å². The first-order valence-corrected chi connectivity index (χ1v) is 7.80. The summed E-state index contributed by atoms with van der Waals surface area (Å²) in [6, 6.07) is 9.18. The zero-order valence-electron chi connectivity index (χ0n) is 11.5. The minimum absolute atomic E-state index is 0.0829. The van der Waals surface area contributed by atoms with Gasteiger partial charge in [0.05, 0.1) is 0 Å². The Morgan fingerprint density at radius 3 is 2.43 bits per heavy atom. The summed E-state index contributed by atoms with van der Waals surface area (Å²) in [5.74, 6) is -1.06. The molecule has 2 rings (SSSR count). The quantitative estimate of drug-likeness (QED) is 0.751. The molecule has 0 radical (unpaired) electrons. The smallest absolute Gasteiger partial charge is 0.129 e.